The van der Waals surface area contributed by atoms with Crippen LogP contribution in [0.3, 0.4) is 0 Å². The molecule has 1 aromatic rings. The summed E-state index contributed by atoms with van der Waals surface area (Å²) >= 11 is 0. The SMILES string of the molecule is O=C(O)NCCCNC(=O)c1ccc(C(F)(F)F)cc1. The summed E-state index contributed by atoms with van der Waals surface area (Å²) in [5, 5.41) is 12.9. The molecule has 2 amide bonds. The molecule has 3 N–H and O–H groups in total. The first-order chi connectivity index (χ1) is 9.30. The van der Waals surface area contributed by atoms with E-state index in [4.69, 9.17) is 5.11 Å². The lowest BCUT2D eigenvalue weighted by molar-refractivity contribution is -0.137. The summed E-state index contributed by atoms with van der Waals surface area (Å²) in [4.78, 5) is 21.7. The quantitative estimate of drug-likeness (QED) is 0.727. The minimum atomic E-state index is -4.43. The second kappa shape index (κ2) is 6.78. The van der Waals surface area contributed by atoms with E-state index in [1.807, 2.05) is 0 Å². The second-order valence-electron chi connectivity index (χ2n) is 3.92. The zero-order valence-electron chi connectivity index (χ0n) is 10.3. The van der Waals surface area contributed by atoms with Crippen molar-refractivity contribution >= 4 is 12.0 Å². The third kappa shape index (κ3) is 5.17. The summed E-state index contributed by atoms with van der Waals surface area (Å²) in [6.07, 6.45) is -5.20. The summed E-state index contributed by atoms with van der Waals surface area (Å²) in [7, 11) is 0. The van der Waals surface area contributed by atoms with Crippen LogP contribution in [0.1, 0.15) is 22.3 Å². The summed E-state index contributed by atoms with van der Waals surface area (Å²) in [5.74, 6) is -0.506. The lowest BCUT2D eigenvalue weighted by Crippen LogP contribution is -2.29. The van der Waals surface area contributed by atoms with Crippen LogP contribution >= 0.6 is 0 Å². The van der Waals surface area contributed by atoms with Gasteiger partial charge in [-0.1, -0.05) is 0 Å². The zero-order valence-corrected chi connectivity index (χ0v) is 10.3. The Hall–Kier alpha value is -2.25. The van der Waals surface area contributed by atoms with Gasteiger partial charge < -0.3 is 15.7 Å². The molecule has 0 radical (unpaired) electrons. The van der Waals surface area contributed by atoms with Gasteiger partial charge in [-0.05, 0) is 30.7 Å². The van der Waals surface area contributed by atoms with E-state index in [0.29, 0.717) is 6.42 Å². The molecule has 0 saturated carbocycles. The van der Waals surface area contributed by atoms with Crippen LogP contribution in [0.15, 0.2) is 24.3 Å². The Bertz CT molecular complexity index is 472. The van der Waals surface area contributed by atoms with E-state index in [-0.39, 0.29) is 18.7 Å². The van der Waals surface area contributed by atoms with Gasteiger partial charge in [-0.2, -0.15) is 13.2 Å². The topological polar surface area (TPSA) is 78.4 Å². The largest absolute Gasteiger partial charge is 0.465 e. The molecule has 0 aromatic heterocycles. The van der Waals surface area contributed by atoms with E-state index >= 15 is 0 Å². The Morgan fingerprint density at radius 2 is 1.60 bits per heavy atom. The van der Waals surface area contributed by atoms with Gasteiger partial charge in [-0.25, -0.2) is 4.79 Å². The van der Waals surface area contributed by atoms with Crippen LogP contribution in [0.2, 0.25) is 0 Å². The fourth-order valence-electron chi connectivity index (χ4n) is 1.40. The average Bonchev–Trinajstić information content (AvgIpc) is 2.37. The van der Waals surface area contributed by atoms with Crippen molar-refractivity contribution in [1.82, 2.24) is 10.6 Å². The van der Waals surface area contributed by atoms with Gasteiger partial charge in [0.25, 0.3) is 5.91 Å². The molecular formula is C12H13F3N2O3. The van der Waals surface area contributed by atoms with E-state index in [1.165, 1.54) is 0 Å². The van der Waals surface area contributed by atoms with Crippen molar-refractivity contribution in [1.29, 1.82) is 0 Å². The molecule has 20 heavy (non-hydrogen) atoms. The van der Waals surface area contributed by atoms with Crippen LogP contribution in [-0.2, 0) is 6.18 Å². The highest BCUT2D eigenvalue weighted by Gasteiger charge is 2.30. The number of halogens is 3. The normalized spacial score (nSPS) is 10.9. The van der Waals surface area contributed by atoms with E-state index in [2.05, 4.69) is 10.6 Å². The van der Waals surface area contributed by atoms with E-state index in [1.54, 1.807) is 0 Å². The molecule has 0 aliphatic heterocycles. The molecule has 0 spiro atoms. The predicted molar refractivity (Wildman–Crippen MR) is 64.4 cm³/mol. The smallest absolute Gasteiger partial charge is 0.416 e. The van der Waals surface area contributed by atoms with Crippen LogP contribution in [-0.4, -0.2) is 30.2 Å². The fraction of sp³-hybridized carbons (Fsp3) is 0.333. The van der Waals surface area contributed by atoms with Crippen LogP contribution in [0.4, 0.5) is 18.0 Å². The first kappa shape index (κ1) is 15.8. The Labute approximate surface area is 112 Å². The molecule has 1 rings (SSSR count). The highest BCUT2D eigenvalue weighted by atomic mass is 19.4. The van der Waals surface area contributed by atoms with E-state index < -0.39 is 23.7 Å². The maximum Gasteiger partial charge on any atom is 0.416 e. The van der Waals surface area contributed by atoms with Gasteiger partial charge in [0, 0.05) is 18.7 Å². The lowest BCUT2D eigenvalue weighted by Gasteiger charge is -2.08. The third-order valence-electron chi connectivity index (χ3n) is 2.39. The lowest BCUT2D eigenvalue weighted by atomic mass is 10.1. The Morgan fingerprint density at radius 1 is 1.05 bits per heavy atom. The van der Waals surface area contributed by atoms with Gasteiger partial charge in [-0.3, -0.25) is 4.79 Å². The van der Waals surface area contributed by atoms with Crippen molar-refractivity contribution in [2.75, 3.05) is 13.1 Å². The van der Waals surface area contributed by atoms with Crippen molar-refractivity contribution in [2.24, 2.45) is 0 Å². The summed E-state index contributed by atoms with van der Waals surface area (Å²) in [6, 6.07) is 3.85. The number of carboxylic acid groups (broad SMARTS) is 1. The van der Waals surface area contributed by atoms with Crippen LogP contribution in [0, 0.1) is 0 Å². The first-order valence-electron chi connectivity index (χ1n) is 5.73. The molecule has 5 nitrogen and oxygen atoms in total. The molecule has 0 aliphatic rings. The van der Waals surface area contributed by atoms with Crippen molar-refractivity contribution in [3.05, 3.63) is 35.4 Å². The monoisotopic (exact) mass is 290 g/mol. The Balaban J connectivity index is 2.42. The molecule has 0 unspecified atom stereocenters. The van der Waals surface area contributed by atoms with Crippen LogP contribution in [0.25, 0.3) is 0 Å². The van der Waals surface area contributed by atoms with Crippen molar-refractivity contribution in [3.8, 4) is 0 Å². The summed E-state index contributed by atoms with van der Waals surface area (Å²) in [6.45, 7) is 0.406. The van der Waals surface area contributed by atoms with Crippen molar-refractivity contribution in [2.45, 2.75) is 12.6 Å². The van der Waals surface area contributed by atoms with Gasteiger partial charge in [0.05, 0.1) is 5.56 Å². The van der Waals surface area contributed by atoms with E-state index in [9.17, 15) is 22.8 Å². The minimum Gasteiger partial charge on any atom is -0.465 e. The first-order valence-corrected chi connectivity index (χ1v) is 5.73. The minimum absolute atomic E-state index is 0.115. The number of alkyl halides is 3. The molecule has 1 aromatic carbocycles. The molecule has 110 valence electrons. The number of benzene rings is 1. The molecule has 0 saturated heterocycles. The van der Waals surface area contributed by atoms with Gasteiger partial charge in [-0.15, -0.1) is 0 Å². The molecule has 8 heteroatoms. The highest BCUT2D eigenvalue weighted by Crippen LogP contribution is 2.28. The van der Waals surface area contributed by atoms with Gasteiger partial charge >= 0.3 is 12.3 Å². The Morgan fingerprint density at radius 3 is 2.10 bits per heavy atom. The standard InChI is InChI=1S/C12H13F3N2O3/c13-12(14,15)9-4-2-8(3-5-9)10(18)16-6-1-7-17-11(19)20/h2-5,17H,1,6-7H2,(H,16,18)(H,19,20). The van der Waals surface area contributed by atoms with Crippen molar-refractivity contribution in [3.63, 3.8) is 0 Å². The predicted octanol–water partition coefficient (Wildman–Crippen LogP) is 2.09. The van der Waals surface area contributed by atoms with Crippen molar-refractivity contribution < 1.29 is 27.9 Å². The van der Waals surface area contributed by atoms with Gasteiger partial charge in [0.2, 0.25) is 0 Å². The zero-order chi connectivity index (χ0) is 15.2. The number of carbonyl (C=O) groups is 2. The fourth-order valence-corrected chi connectivity index (χ4v) is 1.40. The summed E-state index contributed by atoms with van der Waals surface area (Å²) < 4.78 is 37.0. The molecule has 0 bridgehead atoms. The molecular weight excluding hydrogens is 277 g/mol. The molecule has 0 fully saturated rings. The van der Waals surface area contributed by atoms with Crippen LogP contribution in [0.5, 0.6) is 0 Å². The van der Waals surface area contributed by atoms with Gasteiger partial charge in [0.15, 0.2) is 0 Å². The molecule has 0 aliphatic carbocycles. The van der Waals surface area contributed by atoms with E-state index in [0.717, 1.165) is 24.3 Å². The second-order valence-corrected chi connectivity index (χ2v) is 3.92. The highest BCUT2D eigenvalue weighted by molar-refractivity contribution is 5.94. The number of hydrogen-bond acceptors (Lipinski definition) is 2. The number of carbonyl (C=O) groups excluding carboxylic acids is 1. The molecule has 0 heterocycles. The third-order valence-corrected chi connectivity index (χ3v) is 2.39. The number of amides is 2. The van der Waals surface area contributed by atoms with Gasteiger partial charge in [0.1, 0.15) is 0 Å². The Kier molecular flexibility index (Phi) is 5.36. The number of rotatable bonds is 5. The maximum atomic E-state index is 12.3. The maximum absolute atomic E-state index is 12.3. The number of hydrogen-bond donors (Lipinski definition) is 3. The summed E-state index contributed by atoms with van der Waals surface area (Å²) in [5.41, 5.74) is -0.705. The van der Waals surface area contributed by atoms with Crippen LogP contribution < -0.4 is 10.6 Å². The average molecular weight is 290 g/mol. The molecule has 0 atom stereocenters. The number of nitrogens with one attached hydrogen (secondary N) is 2.